The molecule has 2 amide bonds. The molecule has 0 saturated heterocycles. The van der Waals surface area contributed by atoms with Crippen LogP contribution in [0.25, 0.3) is 0 Å². The summed E-state index contributed by atoms with van der Waals surface area (Å²) in [5.41, 5.74) is 1.52. The van der Waals surface area contributed by atoms with Crippen molar-refractivity contribution in [2.45, 2.75) is 39.2 Å². The van der Waals surface area contributed by atoms with E-state index in [9.17, 15) is 9.59 Å². The molecule has 108 valence electrons. The minimum atomic E-state index is -0.145. The number of benzene rings is 1. The number of carbonyl (C=O) groups excluding carboxylic acids is 2. The van der Waals surface area contributed by atoms with E-state index in [0.29, 0.717) is 24.6 Å². The predicted molar refractivity (Wildman–Crippen MR) is 78.6 cm³/mol. The molecule has 0 spiro atoms. The molecule has 2 rings (SSSR count). The summed E-state index contributed by atoms with van der Waals surface area (Å²) < 4.78 is 0. The Kier molecular flexibility index (Phi) is 4.90. The van der Waals surface area contributed by atoms with Crippen LogP contribution in [0.15, 0.2) is 24.3 Å². The molecule has 0 aliphatic carbocycles. The van der Waals surface area contributed by atoms with Crippen molar-refractivity contribution < 1.29 is 9.59 Å². The summed E-state index contributed by atoms with van der Waals surface area (Å²) >= 11 is 0. The molecule has 1 aliphatic heterocycles. The lowest BCUT2D eigenvalue weighted by Crippen LogP contribution is -2.43. The van der Waals surface area contributed by atoms with Crippen molar-refractivity contribution >= 4 is 11.8 Å². The zero-order chi connectivity index (χ0) is 14.5. The van der Waals surface area contributed by atoms with E-state index in [2.05, 4.69) is 19.2 Å². The lowest BCUT2D eigenvalue weighted by atomic mass is 9.98. The zero-order valence-corrected chi connectivity index (χ0v) is 12.2. The van der Waals surface area contributed by atoms with Crippen LogP contribution in [0.2, 0.25) is 0 Å². The van der Waals surface area contributed by atoms with Crippen molar-refractivity contribution in [2.75, 3.05) is 13.1 Å². The molecule has 0 saturated carbocycles. The number of nitrogens with zero attached hydrogens (tertiary/aromatic N) is 1. The number of imide groups is 1. The molecule has 1 aromatic carbocycles. The molecule has 1 atom stereocenters. The van der Waals surface area contributed by atoms with Gasteiger partial charge in [0, 0.05) is 18.2 Å². The van der Waals surface area contributed by atoms with Crippen LogP contribution in [-0.4, -0.2) is 35.8 Å². The summed E-state index contributed by atoms with van der Waals surface area (Å²) in [6, 6.07) is 7.79. The second-order valence-corrected chi connectivity index (χ2v) is 5.29. The highest BCUT2D eigenvalue weighted by atomic mass is 16.2. The molecule has 1 unspecified atom stereocenters. The van der Waals surface area contributed by atoms with Gasteiger partial charge < -0.3 is 5.32 Å². The summed E-state index contributed by atoms with van der Waals surface area (Å²) in [6.45, 7) is 5.65. The van der Waals surface area contributed by atoms with Gasteiger partial charge in [-0.3, -0.25) is 14.5 Å². The normalized spacial score (nSPS) is 16.2. The highest BCUT2D eigenvalue weighted by molar-refractivity contribution is 6.09. The van der Waals surface area contributed by atoms with E-state index >= 15 is 0 Å². The van der Waals surface area contributed by atoms with Crippen LogP contribution in [0, 0.1) is 0 Å². The first kappa shape index (κ1) is 14.7. The molecular formula is C16H22N2O2. The van der Waals surface area contributed by atoms with Gasteiger partial charge in [0.25, 0.3) is 5.91 Å². The maximum atomic E-state index is 12.3. The van der Waals surface area contributed by atoms with Gasteiger partial charge in [0.1, 0.15) is 0 Å². The highest BCUT2D eigenvalue weighted by Crippen LogP contribution is 2.20. The van der Waals surface area contributed by atoms with E-state index < -0.39 is 0 Å². The quantitative estimate of drug-likeness (QED) is 0.807. The maximum absolute atomic E-state index is 12.3. The van der Waals surface area contributed by atoms with Crippen LogP contribution in [0.4, 0.5) is 0 Å². The lowest BCUT2D eigenvalue weighted by Gasteiger charge is -2.27. The van der Waals surface area contributed by atoms with E-state index in [0.717, 1.165) is 24.9 Å². The SMILES string of the molecule is CCNC(C)CCCN1C(=O)Cc2ccccc2C1=O. The van der Waals surface area contributed by atoms with Crippen molar-refractivity contribution in [2.24, 2.45) is 0 Å². The molecular weight excluding hydrogens is 252 g/mol. The molecule has 1 aromatic rings. The maximum Gasteiger partial charge on any atom is 0.260 e. The first-order valence-electron chi connectivity index (χ1n) is 7.29. The van der Waals surface area contributed by atoms with Gasteiger partial charge in [0.05, 0.1) is 6.42 Å². The van der Waals surface area contributed by atoms with Gasteiger partial charge in [-0.05, 0) is 37.9 Å². The summed E-state index contributed by atoms with van der Waals surface area (Å²) in [7, 11) is 0. The Morgan fingerprint density at radius 1 is 1.30 bits per heavy atom. The van der Waals surface area contributed by atoms with Crippen molar-refractivity contribution in [1.82, 2.24) is 10.2 Å². The predicted octanol–water partition coefficient (Wildman–Crippen LogP) is 1.99. The Morgan fingerprint density at radius 2 is 2.05 bits per heavy atom. The van der Waals surface area contributed by atoms with E-state index in [4.69, 9.17) is 0 Å². The number of fused-ring (bicyclic) bond motifs is 1. The summed E-state index contributed by atoms with van der Waals surface area (Å²) in [5.74, 6) is -0.224. The Hall–Kier alpha value is -1.68. The molecule has 1 heterocycles. The molecule has 20 heavy (non-hydrogen) atoms. The second-order valence-electron chi connectivity index (χ2n) is 5.29. The molecule has 1 N–H and O–H groups in total. The Bertz CT molecular complexity index is 499. The van der Waals surface area contributed by atoms with Gasteiger partial charge in [-0.1, -0.05) is 25.1 Å². The number of rotatable bonds is 6. The van der Waals surface area contributed by atoms with Crippen molar-refractivity contribution in [3.8, 4) is 0 Å². The van der Waals surface area contributed by atoms with E-state index in [1.54, 1.807) is 6.07 Å². The van der Waals surface area contributed by atoms with E-state index in [-0.39, 0.29) is 11.8 Å². The topological polar surface area (TPSA) is 49.4 Å². The van der Waals surface area contributed by atoms with Crippen LogP contribution in [0.1, 0.15) is 42.6 Å². The van der Waals surface area contributed by atoms with Gasteiger partial charge in [0.15, 0.2) is 0 Å². The number of hydrogen-bond donors (Lipinski definition) is 1. The van der Waals surface area contributed by atoms with Gasteiger partial charge >= 0.3 is 0 Å². The van der Waals surface area contributed by atoms with Crippen molar-refractivity contribution in [3.63, 3.8) is 0 Å². The smallest absolute Gasteiger partial charge is 0.260 e. The largest absolute Gasteiger partial charge is 0.315 e. The van der Waals surface area contributed by atoms with Crippen molar-refractivity contribution in [3.05, 3.63) is 35.4 Å². The second kappa shape index (κ2) is 6.66. The zero-order valence-electron chi connectivity index (χ0n) is 12.2. The third kappa shape index (κ3) is 3.25. The number of carbonyl (C=O) groups is 2. The molecule has 0 radical (unpaired) electrons. The highest BCUT2D eigenvalue weighted by Gasteiger charge is 2.29. The minimum Gasteiger partial charge on any atom is -0.315 e. The number of hydrogen-bond acceptors (Lipinski definition) is 3. The first-order chi connectivity index (χ1) is 9.63. The summed E-state index contributed by atoms with van der Waals surface area (Å²) in [4.78, 5) is 25.8. The van der Waals surface area contributed by atoms with Crippen LogP contribution in [-0.2, 0) is 11.2 Å². The monoisotopic (exact) mass is 274 g/mol. The van der Waals surface area contributed by atoms with E-state index in [1.165, 1.54) is 4.90 Å². The molecule has 0 bridgehead atoms. The fourth-order valence-electron chi connectivity index (χ4n) is 2.63. The Balaban J connectivity index is 1.96. The third-order valence-electron chi connectivity index (χ3n) is 3.71. The lowest BCUT2D eigenvalue weighted by molar-refractivity contribution is -0.128. The average molecular weight is 274 g/mol. The Labute approximate surface area is 120 Å². The summed E-state index contributed by atoms with van der Waals surface area (Å²) in [6.07, 6.45) is 2.14. The first-order valence-corrected chi connectivity index (χ1v) is 7.29. The van der Waals surface area contributed by atoms with Gasteiger partial charge in [-0.2, -0.15) is 0 Å². The number of amides is 2. The van der Waals surface area contributed by atoms with Gasteiger partial charge in [-0.15, -0.1) is 0 Å². The third-order valence-corrected chi connectivity index (χ3v) is 3.71. The van der Waals surface area contributed by atoms with Crippen molar-refractivity contribution in [1.29, 1.82) is 0 Å². The molecule has 4 nitrogen and oxygen atoms in total. The fraction of sp³-hybridized carbons (Fsp3) is 0.500. The average Bonchev–Trinajstić information content (AvgIpc) is 2.43. The summed E-state index contributed by atoms with van der Waals surface area (Å²) in [5, 5.41) is 3.33. The van der Waals surface area contributed by atoms with Crippen LogP contribution >= 0.6 is 0 Å². The Morgan fingerprint density at radius 3 is 2.80 bits per heavy atom. The number of nitrogens with one attached hydrogen (secondary N) is 1. The molecule has 0 fully saturated rings. The van der Waals surface area contributed by atoms with Gasteiger partial charge in [-0.25, -0.2) is 0 Å². The molecule has 1 aliphatic rings. The van der Waals surface area contributed by atoms with Crippen LogP contribution < -0.4 is 5.32 Å². The standard InChI is InChI=1S/C16H22N2O2/c1-3-17-12(2)7-6-10-18-15(19)11-13-8-4-5-9-14(13)16(18)20/h4-5,8-9,12,17H,3,6-7,10-11H2,1-2H3. The van der Waals surface area contributed by atoms with Crippen LogP contribution in [0.5, 0.6) is 0 Å². The van der Waals surface area contributed by atoms with Gasteiger partial charge in [0.2, 0.25) is 5.91 Å². The van der Waals surface area contributed by atoms with E-state index in [1.807, 2.05) is 18.2 Å². The molecule has 4 heteroatoms. The molecule has 0 aromatic heterocycles. The fourth-order valence-corrected chi connectivity index (χ4v) is 2.63. The van der Waals surface area contributed by atoms with Crippen LogP contribution in [0.3, 0.4) is 0 Å². The minimum absolute atomic E-state index is 0.0789.